The van der Waals surface area contributed by atoms with E-state index < -0.39 is 0 Å². The van der Waals surface area contributed by atoms with Crippen molar-refractivity contribution in [2.45, 2.75) is 47.0 Å². The number of phenols is 1. The predicted octanol–water partition coefficient (Wildman–Crippen LogP) is 6.09. The molecule has 116 valence electrons. The number of rotatable bonds is 5. The molecule has 0 saturated carbocycles. The molecule has 0 spiro atoms. The van der Waals surface area contributed by atoms with Crippen LogP contribution in [0.1, 0.15) is 44.7 Å². The van der Waals surface area contributed by atoms with Gasteiger partial charge in [-0.3, -0.25) is 0 Å². The van der Waals surface area contributed by atoms with E-state index in [4.69, 9.17) is 0 Å². The first-order valence-electron chi connectivity index (χ1n) is 7.98. The van der Waals surface area contributed by atoms with E-state index in [9.17, 15) is 5.11 Å². The van der Waals surface area contributed by atoms with Gasteiger partial charge in [0.1, 0.15) is 5.75 Å². The lowest BCUT2D eigenvalue weighted by molar-refractivity contribution is 0.475. The first-order valence-corrected chi connectivity index (χ1v) is 7.98. The number of aryl methyl sites for hydroxylation is 1. The summed E-state index contributed by atoms with van der Waals surface area (Å²) < 4.78 is 0. The van der Waals surface area contributed by atoms with Gasteiger partial charge in [0.2, 0.25) is 0 Å². The SMILES string of the molecule is CC(C)=CCC/C(C)=C/Cc1c(C)cc2ccccc2c1O. The number of hydrogen-bond acceptors (Lipinski definition) is 1. The molecule has 1 N–H and O–H groups in total. The normalized spacial score (nSPS) is 11.7. The van der Waals surface area contributed by atoms with E-state index >= 15 is 0 Å². The maximum Gasteiger partial charge on any atom is 0.127 e. The molecule has 0 radical (unpaired) electrons. The molecule has 22 heavy (non-hydrogen) atoms. The van der Waals surface area contributed by atoms with Crippen LogP contribution in [0.4, 0.5) is 0 Å². The average molecular weight is 294 g/mol. The van der Waals surface area contributed by atoms with Gasteiger partial charge in [0, 0.05) is 10.9 Å². The highest BCUT2D eigenvalue weighted by molar-refractivity contribution is 5.90. The second-order valence-electron chi connectivity index (χ2n) is 6.32. The zero-order valence-electron chi connectivity index (χ0n) is 14.1. The van der Waals surface area contributed by atoms with E-state index in [0.717, 1.165) is 41.2 Å². The third kappa shape index (κ3) is 4.00. The molecule has 1 nitrogen and oxygen atoms in total. The molecule has 2 aromatic carbocycles. The molecule has 2 rings (SSSR count). The summed E-state index contributed by atoms with van der Waals surface area (Å²) in [5.74, 6) is 0.434. The maximum atomic E-state index is 10.6. The van der Waals surface area contributed by atoms with Crippen molar-refractivity contribution in [2.24, 2.45) is 0 Å². The zero-order valence-corrected chi connectivity index (χ0v) is 14.1. The van der Waals surface area contributed by atoms with Gasteiger partial charge in [-0.15, -0.1) is 0 Å². The van der Waals surface area contributed by atoms with Crippen LogP contribution in [0.5, 0.6) is 5.75 Å². The van der Waals surface area contributed by atoms with Crippen LogP contribution in [-0.2, 0) is 6.42 Å². The van der Waals surface area contributed by atoms with E-state index in [1.807, 2.05) is 24.3 Å². The summed E-state index contributed by atoms with van der Waals surface area (Å²) in [6, 6.07) is 10.2. The first kappa shape index (κ1) is 16.4. The quantitative estimate of drug-likeness (QED) is 0.662. The number of benzene rings is 2. The largest absolute Gasteiger partial charge is 0.507 e. The summed E-state index contributed by atoms with van der Waals surface area (Å²) in [4.78, 5) is 0. The van der Waals surface area contributed by atoms with Crippen molar-refractivity contribution in [3.63, 3.8) is 0 Å². The van der Waals surface area contributed by atoms with Gasteiger partial charge in [0.25, 0.3) is 0 Å². The molecule has 0 aliphatic heterocycles. The Morgan fingerprint density at radius 1 is 1.09 bits per heavy atom. The van der Waals surface area contributed by atoms with Crippen molar-refractivity contribution in [3.05, 3.63) is 64.8 Å². The minimum Gasteiger partial charge on any atom is -0.507 e. The van der Waals surface area contributed by atoms with Crippen LogP contribution in [0, 0.1) is 6.92 Å². The Balaban J connectivity index is 2.19. The molecule has 2 aromatic rings. The van der Waals surface area contributed by atoms with Crippen molar-refractivity contribution in [2.75, 3.05) is 0 Å². The Kier molecular flexibility index (Phi) is 5.43. The van der Waals surface area contributed by atoms with E-state index in [2.05, 4.69) is 45.9 Å². The molecular formula is C21H26O. The van der Waals surface area contributed by atoms with Gasteiger partial charge in [-0.2, -0.15) is 0 Å². The van der Waals surface area contributed by atoms with Gasteiger partial charge in [0.15, 0.2) is 0 Å². The minimum atomic E-state index is 0.434. The Labute approximate surface area is 134 Å². The topological polar surface area (TPSA) is 20.2 Å². The lowest BCUT2D eigenvalue weighted by atomic mass is 9.97. The minimum absolute atomic E-state index is 0.434. The molecule has 0 fully saturated rings. The van der Waals surface area contributed by atoms with Gasteiger partial charge >= 0.3 is 0 Å². The second kappa shape index (κ2) is 7.31. The van der Waals surface area contributed by atoms with Gasteiger partial charge in [-0.05, 0) is 57.9 Å². The molecule has 0 aliphatic rings. The molecule has 0 saturated heterocycles. The summed E-state index contributed by atoms with van der Waals surface area (Å²) in [7, 11) is 0. The Morgan fingerprint density at radius 2 is 1.82 bits per heavy atom. The Bertz CT molecular complexity index is 716. The summed E-state index contributed by atoms with van der Waals surface area (Å²) in [5.41, 5.74) is 4.95. The third-order valence-corrected chi connectivity index (χ3v) is 4.10. The Morgan fingerprint density at radius 3 is 2.55 bits per heavy atom. The van der Waals surface area contributed by atoms with Crippen LogP contribution >= 0.6 is 0 Å². The molecule has 0 aliphatic carbocycles. The molecule has 0 atom stereocenters. The highest BCUT2D eigenvalue weighted by atomic mass is 16.3. The van der Waals surface area contributed by atoms with Crippen LogP contribution in [0.3, 0.4) is 0 Å². The Hall–Kier alpha value is -2.02. The van der Waals surface area contributed by atoms with Crippen LogP contribution in [0.25, 0.3) is 10.8 Å². The molecule has 0 amide bonds. The lowest BCUT2D eigenvalue weighted by Gasteiger charge is -2.11. The van der Waals surface area contributed by atoms with Crippen molar-refractivity contribution < 1.29 is 5.11 Å². The monoisotopic (exact) mass is 294 g/mol. The fourth-order valence-corrected chi connectivity index (χ4v) is 2.73. The zero-order chi connectivity index (χ0) is 16.1. The van der Waals surface area contributed by atoms with Crippen LogP contribution < -0.4 is 0 Å². The van der Waals surface area contributed by atoms with Crippen LogP contribution in [0.2, 0.25) is 0 Å². The summed E-state index contributed by atoms with van der Waals surface area (Å²) in [6.07, 6.45) is 7.49. The summed E-state index contributed by atoms with van der Waals surface area (Å²) in [6.45, 7) is 8.52. The molecule has 0 bridgehead atoms. The van der Waals surface area contributed by atoms with E-state index in [0.29, 0.717) is 5.75 Å². The van der Waals surface area contributed by atoms with Gasteiger partial charge in [-0.1, -0.05) is 53.6 Å². The van der Waals surface area contributed by atoms with Crippen molar-refractivity contribution in [1.82, 2.24) is 0 Å². The number of allylic oxidation sites excluding steroid dienone is 4. The highest BCUT2D eigenvalue weighted by Crippen LogP contribution is 2.32. The molecule has 0 unspecified atom stereocenters. The second-order valence-corrected chi connectivity index (χ2v) is 6.32. The number of phenolic OH excluding ortho intramolecular Hbond substituents is 1. The lowest BCUT2D eigenvalue weighted by Crippen LogP contribution is -1.91. The highest BCUT2D eigenvalue weighted by Gasteiger charge is 2.08. The fourth-order valence-electron chi connectivity index (χ4n) is 2.73. The first-order chi connectivity index (χ1) is 10.5. The average Bonchev–Trinajstić information content (AvgIpc) is 2.46. The summed E-state index contributed by atoms with van der Waals surface area (Å²) >= 11 is 0. The van der Waals surface area contributed by atoms with E-state index in [1.165, 1.54) is 11.1 Å². The van der Waals surface area contributed by atoms with Crippen molar-refractivity contribution >= 4 is 10.8 Å². The summed E-state index contributed by atoms with van der Waals surface area (Å²) in [5, 5.41) is 12.6. The van der Waals surface area contributed by atoms with E-state index in [-0.39, 0.29) is 0 Å². The fraction of sp³-hybridized carbons (Fsp3) is 0.333. The van der Waals surface area contributed by atoms with Crippen molar-refractivity contribution in [1.29, 1.82) is 0 Å². The maximum absolute atomic E-state index is 10.6. The van der Waals surface area contributed by atoms with Crippen LogP contribution in [-0.4, -0.2) is 5.11 Å². The van der Waals surface area contributed by atoms with Crippen molar-refractivity contribution in [3.8, 4) is 5.75 Å². The number of fused-ring (bicyclic) bond motifs is 1. The smallest absolute Gasteiger partial charge is 0.127 e. The molecular weight excluding hydrogens is 268 g/mol. The predicted molar refractivity (Wildman–Crippen MR) is 96.5 cm³/mol. The van der Waals surface area contributed by atoms with Gasteiger partial charge in [0.05, 0.1) is 0 Å². The van der Waals surface area contributed by atoms with Gasteiger partial charge < -0.3 is 5.11 Å². The van der Waals surface area contributed by atoms with Gasteiger partial charge in [-0.25, -0.2) is 0 Å². The number of hydrogen-bond donors (Lipinski definition) is 1. The molecule has 1 heteroatoms. The standard InChI is InChI=1S/C21H26O/c1-15(2)8-7-9-16(3)12-13-19-17(4)14-18-10-5-6-11-20(18)21(19)22/h5-6,8,10-12,14,22H,7,9,13H2,1-4H3/b16-12+. The number of aromatic hydroxyl groups is 1. The van der Waals surface area contributed by atoms with Crippen LogP contribution in [0.15, 0.2) is 53.6 Å². The third-order valence-electron chi connectivity index (χ3n) is 4.10. The molecule has 0 aromatic heterocycles. The van der Waals surface area contributed by atoms with E-state index in [1.54, 1.807) is 0 Å². The molecule has 0 heterocycles.